The Balaban J connectivity index is 1.34. The Hall–Kier alpha value is -2.58. The van der Waals surface area contributed by atoms with E-state index in [1.165, 1.54) is 10.2 Å². The summed E-state index contributed by atoms with van der Waals surface area (Å²) >= 11 is 0. The number of para-hydroxylation sites is 1. The van der Waals surface area contributed by atoms with Crippen LogP contribution < -0.4 is 0 Å². The summed E-state index contributed by atoms with van der Waals surface area (Å²) < 4.78 is 32.2. The molecule has 0 aliphatic carbocycles. The van der Waals surface area contributed by atoms with E-state index >= 15 is 0 Å². The van der Waals surface area contributed by atoms with Crippen molar-refractivity contribution in [2.45, 2.75) is 43.9 Å². The summed E-state index contributed by atoms with van der Waals surface area (Å²) in [6, 6.07) is 19.1. The van der Waals surface area contributed by atoms with Crippen molar-refractivity contribution in [2.24, 2.45) is 0 Å². The topological polar surface area (TPSA) is 87.0 Å². The largest absolute Gasteiger partial charge is 0.377 e. The maximum Gasteiger partial charge on any atom is 0.272 e. The first-order valence-electron chi connectivity index (χ1n) is 9.85. The number of rotatable bonds is 12. The zero-order chi connectivity index (χ0) is 20.4. The number of nitrogens with zero attached hydrogens (tertiary/aromatic N) is 4. The van der Waals surface area contributed by atoms with E-state index in [1.54, 1.807) is 12.1 Å². The van der Waals surface area contributed by atoms with Gasteiger partial charge >= 0.3 is 0 Å². The summed E-state index contributed by atoms with van der Waals surface area (Å²) in [6.45, 7) is 1.36. The number of sulfone groups is 1. The number of aromatic nitrogens is 4. The highest BCUT2D eigenvalue weighted by Gasteiger charge is 2.23. The number of benzene rings is 2. The average Bonchev–Trinajstić information content (AvgIpc) is 3.25. The monoisotopic (exact) mass is 414 g/mol. The lowest BCUT2D eigenvalue weighted by molar-refractivity contribution is 0.116. The number of hydrogen-bond donors (Lipinski definition) is 0. The van der Waals surface area contributed by atoms with Crippen LogP contribution in [0.5, 0.6) is 0 Å². The second kappa shape index (κ2) is 10.8. The lowest BCUT2D eigenvalue weighted by Crippen LogP contribution is -2.14. The van der Waals surface area contributed by atoms with Gasteiger partial charge in [0, 0.05) is 6.61 Å². The molecule has 3 aromatic rings. The van der Waals surface area contributed by atoms with Gasteiger partial charge in [-0.2, -0.15) is 4.68 Å². The molecule has 29 heavy (non-hydrogen) atoms. The third-order valence-electron chi connectivity index (χ3n) is 4.53. The molecule has 0 fully saturated rings. The van der Waals surface area contributed by atoms with Crippen molar-refractivity contribution in [1.29, 1.82) is 0 Å². The highest BCUT2D eigenvalue weighted by atomic mass is 32.2. The smallest absolute Gasteiger partial charge is 0.272 e. The van der Waals surface area contributed by atoms with E-state index in [9.17, 15) is 8.42 Å². The lowest BCUT2D eigenvalue weighted by Gasteiger charge is -2.06. The van der Waals surface area contributed by atoms with Gasteiger partial charge in [-0.15, -0.1) is 0 Å². The number of unbranched alkanes of at least 4 members (excludes halogenated alkanes) is 4. The molecule has 0 aliphatic heterocycles. The van der Waals surface area contributed by atoms with Gasteiger partial charge in [0.2, 0.25) is 9.84 Å². The molecule has 1 heterocycles. The summed E-state index contributed by atoms with van der Waals surface area (Å²) in [5.74, 6) is 0.0463. The normalized spacial score (nSPS) is 11.6. The van der Waals surface area contributed by atoms with Gasteiger partial charge in [-0.25, -0.2) is 8.42 Å². The second-order valence-corrected chi connectivity index (χ2v) is 8.84. The maximum atomic E-state index is 12.6. The lowest BCUT2D eigenvalue weighted by atomic mass is 10.2. The Morgan fingerprint density at radius 1 is 0.828 bits per heavy atom. The standard InChI is InChI=1S/C21H26N4O3S/c26-29(27,21-22-23-24-25(21)20-14-8-5-9-15-20)17-11-3-1-2-10-16-28-18-19-12-6-4-7-13-19/h4-9,12-15H,1-3,10-11,16-18H2. The zero-order valence-corrected chi connectivity index (χ0v) is 17.2. The van der Waals surface area contributed by atoms with Gasteiger partial charge in [0.25, 0.3) is 5.16 Å². The molecule has 0 saturated heterocycles. The van der Waals surface area contributed by atoms with Crippen molar-refractivity contribution < 1.29 is 13.2 Å². The third-order valence-corrected chi connectivity index (χ3v) is 6.17. The first kappa shape index (κ1) is 21.1. The molecule has 0 amide bonds. The van der Waals surface area contributed by atoms with Gasteiger partial charge in [0.15, 0.2) is 0 Å². The van der Waals surface area contributed by atoms with E-state index in [0.29, 0.717) is 18.7 Å². The molecule has 0 N–H and O–H groups in total. The molecule has 3 rings (SSSR count). The molecule has 0 saturated carbocycles. The summed E-state index contributed by atoms with van der Waals surface area (Å²) in [5, 5.41) is 11.0. The summed E-state index contributed by atoms with van der Waals surface area (Å²) in [4.78, 5) is 0. The van der Waals surface area contributed by atoms with Gasteiger partial charge < -0.3 is 4.74 Å². The fourth-order valence-electron chi connectivity index (χ4n) is 2.99. The van der Waals surface area contributed by atoms with Crippen molar-refractivity contribution >= 4 is 9.84 Å². The molecule has 0 unspecified atom stereocenters. The minimum absolute atomic E-state index is 0.0463. The Bertz CT molecular complexity index is 960. The zero-order valence-electron chi connectivity index (χ0n) is 16.4. The van der Waals surface area contributed by atoms with Crippen LogP contribution in [0.4, 0.5) is 0 Å². The molecular weight excluding hydrogens is 388 g/mol. The van der Waals surface area contributed by atoms with Gasteiger partial charge in [0.1, 0.15) is 0 Å². The highest BCUT2D eigenvalue weighted by Crippen LogP contribution is 2.15. The summed E-state index contributed by atoms with van der Waals surface area (Å²) in [7, 11) is -3.53. The Kier molecular flexibility index (Phi) is 7.89. The SMILES string of the molecule is O=S(=O)(CCCCCCCOCc1ccccc1)c1nnnn1-c1ccccc1. The van der Waals surface area contributed by atoms with Crippen LogP contribution >= 0.6 is 0 Å². The first-order chi connectivity index (χ1) is 14.2. The van der Waals surface area contributed by atoms with Crippen LogP contribution in [0.1, 0.15) is 37.7 Å². The molecule has 0 bridgehead atoms. The van der Waals surface area contributed by atoms with Gasteiger partial charge in [-0.1, -0.05) is 72.9 Å². The van der Waals surface area contributed by atoms with Crippen LogP contribution in [0.25, 0.3) is 5.69 Å². The fraction of sp³-hybridized carbons (Fsp3) is 0.381. The molecule has 1 aromatic heterocycles. The molecular formula is C21H26N4O3S. The van der Waals surface area contributed by atoms with Crippen molar-refractivity contribution in [1.82, 2.24) is 20.2 Å². The Morgan fingerprint density at radius 2 is 1.48 bits per heavy atom. The quantitative estimate of drug-likeness (QED) is 0.421. The average molecular weight is 415 g/mol. The van der Waals surface area contributed by atoms with Crippen LogP contribution in [0.2, 0.25) is 0 Å². The third kappa shape index (κ3) is 6.47. The number of tetrazole rings is 1. The molecule has 0 radical (unpaired) electrons. The van der Waals surface area contributed by atoms with Gasteiger partial charge in [0.05, 0.1) is 18.0 Å². The summed E-state index contributed by atoms with van der Waals surface area (Å²) in [5.41, 5.74) is 1.81. The molecule has 154 valence electrons. The minimum Gasteiger partial charge on any atom is -0.377 e. The van der Waals surface area contributed by atoms with Crippen molar-refractivity contribution in [3.8, 4) is 5.69 Å². The molecule has 0 atom stereocenters. The molecule has 0 aliphatic rings. The second-order valence-electron chi connectivity index (χ2n) is 6.83. The van der Waals surface area contributed by atoms with E-state index in [4.69, 9.17) is 4.74 Å². The van der Waals surface area contributed by atoms with Crippen LogP contribution in [0.15, 0.2) is 65.8 Å². The van der Waals surface area contributed by atoms with E-state index in [2.05, 4.69) is 27.7 Å². The Labute approximate surface area is 171 Å². The van der Waals surface area contributed by atoms with E-state index in [-0.39, 0.29) is 10.9 Å². The van der Waals surface area contributed by atoms with E-state index < -0.39 is 9.84 Å². The van der Waals surface area contributed by atoms with Crippen molar-refractivity contribution in [2.75, 3.05) is 12.4 Å². The van der Waals surface area contributed by atoms with E-state index in [1.807, 2.05) is 36.4 Å². The summed E-state index contributed by atoms with van der Waals surface area (Å²) in [6.07, 6.45) is 4.43. The maximum absolute atomic E-state index is 12.6. The Morgan fingerprint density at radius 3 is 2.24 bits per heavy atom. The van der Waals surface area contributed by atoms with Crippen LogP contribution in [0, 0.1) is 0 Å². The molecule has 7 nitrogen and oxygen atoms in total. The van der Waals surface area contributed by atoms with Crippen LogP contribution in [-0.4, -0.2) is 41.0 Å². The molecule has 0 spiro atoms. The molecule has 2 aromatic carbocycles. The van der Waals surface area contributed by atoms with Crippen molar-refractivity contribution in [3.63, 3.8) is 0 Å². The van der Waals surface area contributed by atoms with Crippen LogP contribution in [0.3, 0.4) is 0 Å². The number of ether oxygens (including phenoxy) is 1. The van der Waals surface area contributed by atoms with E-state index in [0.717, 1.165) is 32.3 Å². The molecule has 8 heteroatoms. The minimum atomic E-state index is -3.53. The van der Waals surface area contributed by atoms with Gasteiger partial charge in [-0.3, -0.25) is 0 Å². The van der Waals surface area contributed by atoms with Crippen molar-refractivity contribution in [3.05, 3.63) is 66.2 Å². The highest BCUT2D eigenvalue weighted by molar-refractivity contribution is 7.91. The van der Waals surface area contributed by atoms with Crippen LogP contribution in [-0.2, 0) is 21.2 Å². The predicted molar refractivity (Wildman–Crippen MR) is 110 cm³/mol. The predicted octanol–water partition coefficient (Wildman–Crippen LogP) is 3.60. The number of hydrogen-bond acceptors (Lipinski definition) is 6. The first-order valence-corrected chi connectivity index (χ1v) is 11.5. The van der Waals surface area contributed by atoms with Gasteiger partial charge in [-0.05, 0) is 41.0 Å². The fourth-order valence-corrected chi connectivity index (χ4v) is 4.32.